The predicted octanol–water partition coefficient (Wildman–Crippen LogP) is 4.33. The molecule has 0 unspecified atom stereocenters. The van der Waals surface area contributed by atoms with Gasteiger partial charge in [0.15, 0.2) is 11.5 Å². The van der Waals surface area contributed by atoms with Crippen LogP contribution in [-0.2, 0) is 6.54 Å². The van der Waals surface area contributed by atoms with Crippen molar-refractivity contribution in [2.45, 2.75) is 6.54 Å². The molecule has 0 N–H and O–H groups in total. The Morgan fingerprint density at radius 3 is 2.22 bits per heavy atom. The van der Waals surface area contributed by atoms with Gasteiger partial charge in [-0.1, -0.05) is 42.5 Å². The predicted molar refractivity (Wildman–Crippen MR) is 109 cm³/mol. The minimum absolute atomic E-state index is 0.571. The summed E-state index contributed by atoms with van der Waals surface area (Å²) < 4.78 is 16.1. The molecule has 5 heteroatoms. The number of benzene rings is 3. The standard InChI is InChI=1S/C22H24N2O3/c1-24(15-18-10-7-9-17-8-5-6-11-19(17)18)23-14-16-12-20(25-2)22(27-4)21(13-16)26-3/h5-14H,15H2,1-4H3/b23-14-. The second-order valence-electron chi connectivity index (χ2n) is 6.16. The summed E-state index contributed by atoms with van der Waals surface area (Å²) in [5, 5.41) is 8.95. The lowest BCUT2D eigenvalue weighted by molar-refractivity contribution is 0.324. The van der Waals surface area contributed by atoms with Crippen LogP contribution in [0.1, 0.15) is 11.1 Å². The molecular formula is C22H24N2O3. The van der Waals surface area contributed by atoms with Gasteiger partial charge in [-0.05, 0) is 28.5 Å². The minimum atomic E-state index is 0.571. The molecule has 0 bridgehead atoms. The molecule has 0 atom stereocenters. The Hall–Kier alpha value is -3.21. The van der Waals surface area contributed by atoms with Crippen molar-refractivity contribution in [2.24, 2.45) is 5.10 Å². The maximum atomic E-state index is 5.39. The molecule has 3 aromatic rings. The van der Waals surface area contributed by atoms with E-state index < -0.39 is 0 Å². The Morgan fingerprint density at radius 1 is 0.889 bits per heavy atom. The Bertz CT molecular complexity index is 923. The van der Waals surface area contributed by atoms with Crippen molar-refractivity contribution < 1.29 is 14.2 Å². The van der Waals surface area contributed by atoms with Crippen molar-refractivity contribution in [1.82, 2.24) is 5.01 Å². The normalized spacial score (nSPS) is 11.0. The van der Waals surface area contributed by atoms with E-state index in [0.29, 0.717) is 23.8 Å². The first-order valence-corrected chi connectivity index (χ1v) is 8.68. The zero-order chi connectivity index (χ0) is 19.2. The van der Waals surface area contributed by atoms with Gasteiger partial charge in [0.05, 0.1) is 34.1 Å². The van der Waals surface area contributed by atoms with Crippen molar-refractivity contribution in [3.8, 4) is 17.2 Å². The molecule has 5 nitrogen and oxygen atoms in total. The molecule has 0 aliphatic carbocycles. The average Bonchev–Trinajstić information content (AvgIpc) is 2.71. The van der Waals surface area contributed by atoms with Crippen LogP contribution in [0.4, 0.5) is 0 Å². The molecule has 0 saturated heterocycles. The highest BCUT2D eigenvalue weighted by atomic mass is 16.5. The van der Waals surface area contributed by atoms with E-state index in [1.54, 1.807) is 27.5 Å². The Kier molecular flexibility index (Phi) is 5.81. The Labute approximate surface area is 159 Å². The van der Waals surface area contributed by atoms with E-state index in [4.69, 9.17) is 14.2 Å². The fraction of sp³-hybridized carbons (Fsp3) is 0.227. The van der Waals surface area contributed by atoms with E-state index >= 15 is 0 Å². The van der Waals surface area contributed by atoms with Crippen LogP contribution in [0.2, 0.25) is 0 Å². The number of hydrogen-bond acceptors (Lipinski definition) is 5. The molecule has 3 rings (SSSR count). The van der Waals surface area contributed by atoms with Crippen LogP contribution in [0, 0.1) is 0 Å². The second kappa shape index (κ2) is 8.45. The first-order chi connectivity index (χ1) is 13.2. The molecule has 0 saturated carbocycles. The Balaban J connectivity index is 1.81. The SMILES string of the molecule is COc1cc(/C=N\N(C)Cc2cccc3ccccc23)cc(OC)c1OC. The smallest absolute Gasteiger partial charge is 0.203 e. The maximum absolute atomic E-state index is 5.39. The first kappa shape index (κ1) is 18.6. The molecule has 0 fully saturated rings. The van der Waals surface area contributed by atoms with Crippen molar-refractivity contribution in [3.63, 3.8) is 0 Å². The molecular weight excluding hydrogens is 340 g/mol. The number of methoxy groups -OCH3 is 3. The van der Waals surface area contributed by atoms with Crippen LogP contribution in [0.3, 0.4) is 0 Å². The molecule has 0 aromatic heterocycles. The third-order valence-electron chi connectivity index (χ3n) is 4.37. The minimum Gasteiger partial charge on any atom is -0.493 e. The molecule has 3 aromatic carbocycles. The van der Waals surface area contributed by atoms with E-state index in [-0.39, 0.29) is 0 Å². The quantitative estimate of drug-likeness (QED) is 0.462. The zero-order valence-electron chi connectivity index (χ0n) is 16.1. The van der Waals surface area contributed by atoms with Gasteiger partial charge in [-0.15, -0.1) is 0 Å². The second-order valence-corrected chi connectivity index (χ2v) is 6.16. The lowest BCUT2D eigenvalue weighted by Gasteiger charge is -2.15. The number of hydrogen-bond donors (Lipinski definition) is 0. The third-order valence-corrected chi connectivity index (χ3v) is 4.37. The van der Waals surface area contributed by atoms with Crippen LogP contribution < -0.4 is 14.2 Å². The highest BCUT2D eigenvalue weighted by Crippen LogP contribution is 2.37. The van der Waals surface area contributed by atoms with Crippen LogP contribution in [0.25, 0.3) is 10.8 Å². The molecule has 0 aliphatic heterocycles. The molecule has 140 valence electrons. The van der Waals surface area contributed by atoms with E-state index in [1.165, 1.54) is 16.3 Å². The number of fused-ring (bicyclic) bond motifs is 1. The zero-order valence-corrected chi connectivity index (χ0v) is 16.1. The lowest BCUT2D eigenvalue weighted by Crippen LogP contribution is -2.11. The van der Waals surface area contributed by atoms with E-state index in [0.717, 1.165) is 5.56 Å². The fourth-order valence-corrected chi connectivity index (χ4v) is 3.06. The van der Waals surface area contributed by atoms with Gasteiger partial charge in [-0.2, -0.15) is 5.10 Å². The first-order valence-electron chi connectivity index (χ1n) is 8.68. The number of nitrogens with zero attached hydrogens (tertiary/aromatic N) is 2. The largest absolute Gasteiger partial charge is 0.493 e. The fourth-order valence-electron chi connectivity index (χ4n) is 3.06. The molecule has 0 spiro atoms. The summed E-state index contributed by atoms with van der Waals surface area (Å²) in [6.45, 7) is 0.711. The number of hydrazone groups is 1. The van der Waals surface area contributed by atoms with Crippen LogP contribution in [-0.4, -0.2) is 39.6 Å². The average molecular weight is 364 g/mol. The summed E-state index contributed by atoms with van der Waals surface area (Å²) in [6, 6.07) is 18.5. The Morgan fingerprint density at radius 2 is 1.56 bits per heavy atom. The summed E-state index contributed by atoms with van der Waals surface area (Å²) in [6.07, 6.45) is 1.79. The highest BCUT2D eigenvalue weighted by molar-refractivity contribution is 5.85. The van der Waals surface area contributed by atoms with Crippen molar-refractivity contribution >= 4 is 17.0 Å². The van der Waals surface area contributed by atoms with Gasteiger partial charge in [0.25, 0.3) is 0 Å². The topological polar surface area (TPSA) is 43.3 Å². The highest BCUT2D eigenvalue weighted by Gasteiger charge is 2.12. The van der Waals surface area contributed by atoms with Crippen molar-refractivity contribution in [2.75, 3.05) is 28.4 Å². The molecule has 27 heavy (non-hydrogen) atoms. The van der Waals surface area contributed by atoms with Gasteiger partial charge >= 0.3 is 0 Å². The van der Waals surface area contributed by atoms with Gasteiger partial charge in [-0.3, -0.25) is 5.01 Å². The van der Waals surface area contributed by atoms with Crippen LogP contribution in [0.15, 0.2) is 59.7 Å². The third kappa shape index (κ3) is 4.14. The van der Waals surface area contributed by atoms with Gasteiger partial charge in [-0.25, -0.2) is 0 Å². The summed E-state index contributed by atoms with van der Waals surface area (Å²) in [5.41, 5.74) is 2.10. The van der Waals surface area contributed by atoms with E-state index in [1.807, 2.05) is 24.2 Å². The lowest BCUT2D eigenvalue weighted by atomic mass is 10.0. The van der Waals surface area contributed by atoms with Crippen molar-refractivity contribution in [1.29, 1.82) is 0 Å². The van der Waals surface area contributed by atoms with Crippen LogP contribution >= 0.6 is 0 Å². The van der Waals surface area contributed by atoms with E-state index in [2.05, 4.69) is 47.6 Å². The van der Waals surface area contributed by atoms with E-state index in [9.17, 15) is 0 Å². The number of rotatable bonds is 7. The van der Waals surface area contributed by atoms with Gasteiger partial charge in [0, 0.05) is 12.6 Å². The summed E-state index contributed by atoms with van der Waals surface area (Å²) in [5.74, 6) is 1.78. The maximum Gasteiger partial charge on any atom is 0.203 e. The van der Waals surface area contributed by atoms with Crippen LogP contribution in [0.5, 0.6) is 17.2 Å². The summed E-state index contributed by atoms with van der Waals surface area (Å²) >= 11 is 0. The molecule has 0 heterocycles. The summed E-state index contributed by atoms with van der Waals surface area (Å²) in [4.78, 5) is 0. The molecule has 0 aliphatic rings. The van der Waals surface area contributed by atoms with Gasteiger partial charge in [0.2, 0.25) is 5.75 Å². The monoisotopic (exact) mass is 364 g/mol. The van der Waals surface area contributed by atoms with Crippen molar-refractivity contribution in [3.05, 3.63) is 65.7 Å². The molecule has 0 amide bonds. The molecule has 0 radical (unpaired) electrons. The van der Waals surface area contributed by atoms with Gasteiger partial charge < -0.3 is 14.2 Å². The van der Waals surface area contributed by atoms with Gasteiger partial charge in [0.1, 0.15) is 0 Å². The number of ether oxygens (including phenoxy) is 3. The summed E-state index contributed by atoms with van der Waals surface area (Å²) in [7, 11) is 6.75.